The second kappa shape index (κ2) is 5.83. The zero-order chi connectivity index (χ0) is 16.7. The van der Waals surface area contributed by atoms with Gasteiger partial charge >= 0.3 is 0 Å². The number of carbonyl (C=O) groups is 1. The molecular formula is C17H19N3O4. The SMILES string of the molecule is O=C1C[C@H](c2ccc(O)cc2)c2c(n(C3CCOCC3)[nH]c2=O)N1. The molecule has 1 atom stereocenters. The summed E-state index contributed by atoms with van der Waals surface area (Å²) in [6.45, 7) is 1.30. The molecule has 126 valence electrons. The van der Waals surface area contributed by atoms with E-state index in [-0.39, 0.29) is 35.6 Å². The van der Waals surface area contributed by atoms with Crippen LogP contribution in [0, 0.1) is 0 Å². The first-order valence-corrected chi connectivity index (χ1v) is 8.14. The van der Waals surface area contributed by atoms with Crippen molar-refractivity contribution in [3.05, 3.63) is 45.7 Å². The first-order valence-electron chi connectivity index (χ1n) is 8.14. The highest BCUT2D eigenvalue weighted by atomic mass is 16.5. The van der Waals surface area contributed by atoms with Crippen LogP contribution < -0.4 is 10.9 Å². The quantitative estimate of drug-likeness (QED) is 0.781. The summed E-state index contributed by atoms with van der Waals surface area (Å²) < 4.78 is 7.17. The highest BCUT2D eigenvalue weighted by molar-refractivity contribution is 5.94. The maximum atomic E-state index is 12.6. The number of hydrogen-bond donors (Lipinski definition) is 3. The predicted octanol–water partition coefficient (Wildman–Crippen LogP) is 1.71. The number of nitrogens with zero attached hydrogens (tertiary/aromatic N) is 1. The summed E-state index contributed by atoms with van der Waals surface area (Å²) in [5.74, 6) is 0.314. The molecule has 4 rings (SSSR count). The van der Waals surface area contributed by atoms with Gasteiger partial charge in [0.25, 0.3) is 5.56 Å². The van der Waals surface area contributed by atoms with Crippen LogP contribution in [0.1, 0.15) is 42.3 Å². The fourth-order valence-electron chi connectivity index (χ4n) is 3.59. The van der Waals surface area contributed by atoms with Crippen molar-refractivity contribution in [2.24, 2.45) is 0 Å². The Morgan fingerprint density at radius 1 is 1.12 bits per heavy atom. The molecule has 7 nitrogen and oxygen atoms in total. The molecular weight excluding hydrogens is 310 g/mol. The van der Waals surface area contributed by atoms with E-state index in [1.54, 1.807) is 28.9 Å². The van der Waals surface area contributed by atoms with Gasteiger partial charge in [-0.05, 0) is 30.5 Å². The van der Waals surface area contributed by atoms with Crippen molar-refractivity contribution < 1.29 is 14.6 Å². The third-order valence-corrected chi connectivity index (χ3v) is 4.81. The monoisotopic (exact) mass is 329 g/mol. The minimum atomic E-state index is -0.306. The lowest BCUT2D eigenvalue weighted by atomic mass is 9.87. The van der Waals surface area contributed by atoms with E-state index in [4.69, 9.17) is 4.74 Å². The van der Waals surface area contributed by atoms with Crippen LogP contribution in [-0.2, 0) is 9.53 Å². The van der Waals surface area contributed by atoms with E-state index in [1.165, 1.54) is 0 Å². The molecule has 0 bridgehead atoms. The van der Waals surface area contributed by atoms with Crippen LogP contribution in [0.2, 0.25) is 0 Å². The van der Waals surface area contributed by atoms with Crippen LogP contribution in [0.3, 0.4) is 0 Å². The summed E-state index contributed by atoms with van der Waals surface area (Å²) in [5.41, 5.74) is 1.26. The molecule has 0 unspecified atom stereocenters. The molecule has 7 heteroatoms. The molecule has 24 heavy (non-hydrogen) atoms. The van der Waals surface area contributed by atoms with Crippen LogP contribution in [0.15, 0.2) is 29.1 Å². The average molecular weight is 329 g/mol. The van der Waals surface area contributed by atoms with E-state index in [0.29, 0.717) is 24.6 Å². The fourth-order valence-corrected chi connectivity index (χ4v) is 3.59. The van der Waals surface area contributed by atoms with Crippen molar-refractivity contribution in [3.8, 4) is 5.75 Å². The molecule has 3 heterocycles. The Morgan fingerprint density at radius 3 is 2.54 bits per heavy atom. The number of rotatable bonds is 2. The number of phenolic OH excluding ortho intramolecular Hbond substituents is 1. The number of phenols is 1. The maximum absolute atomic E-state index is 12.6. The van der Waals surface area contributed by atoms with Gasteiger partial charge < -0.3 is 15.2 Å². The largest absolute Gasteiger partial charge is 0.508 e. The van der Waals surface area contributed by atoms with Gasteiger partial charge in [0.1, 0.15) is 11.6 Å². The summed E-state index contributed by atoms with van der Waals surface area (Å²) in [6.07, 6.45) is 1.83. The normalized spacial score (nSPS) is 21.3. The number of benzene rings is 1. The van der Waals surface area contributed by atoms with Crippen molar-refractivity contribution in [2.45, 2.75) is 31.2 Å². The molecule has 0 aliphatic carbocycles. The number of nitrogens with one attached hydrogen (secondary N) is 2. The highest BCUT2D eigenvalue weighted by Crippen LogP contribution is 2.37. The Kier molecular flexibility index (Phi) is 3.65. The number of aromatic amines is 1. The Labute approximate surface area is 138 Å². The molecule has 0 spiro atoms. The number of amides is 1. The number of aromatic hydroxyl groups is 1. The minimum Gasteiger partial charge on any atom is -0.508 e. The van der Waals surface area contributed by atoms with Gasteiger partial charge in [0.05, 0.1) is 11.6 Å². The van der Waals surface area contributed by atoms with Crippen LogP contribution in [0.4, 0.5) is 5.82 Å². The standard InChI is InChI=1S/C17H19N3O4/c21-12-3-1-10(2-4-12)13-9-14(22)18-16-15(13)17(23)19-20(16)11-5-7-24-8-6-11/h1-4,11,13,21H,5-9H2,(H,18,22)(H,19,23)/t13-/m1/s1. The van der Waals surface area contributed by atoms with Crippen LogP contribution in [0.25, 0.3) is 0 Å². The van der Waals surface area contributed by atoms with Gasteiger partial charge in [-0.3, -0.25) is 19.4 Å². The topological polar surface area (TPSA) is 96.3 Å². The summed E-state index contributed by atoms with van der Waals surface area (Å²) in [5, 5.41) is 15.2. The average Bonchev–Trinajstić information content (AvgIpc) is 2.92. The molecule has 2 aromatic rings. The van der Waals surface area contributed by atoms with Crippen LogP contribution in [0.5, 0.6) is 5.75 Å². The molecule has 2 aliphatic heterocycles. The van der Waals surface area contributed by atoms with Crippen molar-refractivity contribution in [1.82, 2.24) is 9.78 Å². The summed E-state index contributed by atoms with van der Waals surface area (Å²) in [7, 11) is 0. The van der Waals surface area contributed by atoms with Crippen molar-refractivity contribution in [3.63, 3.8) is 0 Å². The molecule has 1 amide bonds. The molecule has 1 fully saturated rings. The Balaban J connectivity index is 1.79. The van der Waals surface area contributed by atoms with Gasteiger partial charge in [-0.1, -0.05) is 12.1 Å². The number of carbonyl (C=O) groups excluding carboxylic acids is 1. The number of ether oxygens (including phenoxy) is 1. The van der Waals surface area contributed by atoms with E-state index in [9.17, 15) is 14.7 Å². The Bertz CT molecular complexity index is 815. The Hall–Kier alpha value is -2.54. The number of hydrogen-bond acceptors (Lipinski definition) is 4. The number of aromatic nitrogens is 2. The van der Waals surface area contributed by atoms with Crippen molar-refractivity contribution >= 4 is 11.7 Å². The lowest BCUT2D eigenvalue weighted by Crippen LogP contribution is -2.28. The number of H-pyrrole nitrogens is 1. The van der Waals surface area contributed by atoms with Gasteiger partial charge in [0.15, 0.2) is 0 Å². The third kappa shape index (κ3) is 2.50. The van der Waals surface area contributed by atoms with Gasteiger partial charge in [0, 0.05) is 25.6 Å². The first-order chi connectivity index (χ1) is 11.6. The van der Waals surface area contributed by atoms with Crippen LogP contribution in [-0.4, -0.2) is 34.0 Å². The highest BCUT2D eigenvalue weighted by Gasteiger charge is 2.34. The third-order valence-electron chi connectivity index (χ3n) is 4.81. The summed E-state index contributed by atoms with van der Waals surface area (Å²) in [4.78, 5) is 24.8. The zero-order valence-corrected chi connectivity index (χ0v) is 13.1. The molecule has 1 aromatic carbocycles. The first kappa shape index (κ1) is 15.0. The van der Waals surface area contributed by atoms with Gasteiger partial charge in [-0.25, -0.2) is 0 Å². The molecule has 0 saturated carbocycles. The predicted molar refractivity (Wildman–Crippen MR) is 87.3 cm³/mol. The Morgan fingerprint density at radius 2 is 1.83 bits per heavy atom. The lowest BCUT2D eigenvalue weighted by molar-refractivity contribution is -0.116. The summed E-state index contributed by atoms with van der Waals surface area (Å²) in [6, 6.07) is 6.78. The smallest absolute Gasteiger partial charge is 0.270 e. The second-order valence-electron chi connectivity index (χ2n) is 6.31. The zero-order valence-electron chi connectivity index (χ0n) is 13.1. The fraction of sp³-hybridized carbons (Fsp3) is 0.412. The van der Waals surface area contributed by atoms with Gasteiger partial charge in [-0.2, -0.15) is 0 Å². The second-order valence-corrected chi connectivity index (χ2v) is 6.31. The van der Waals surface area contributed by atoms with Gasteiger partial charge in [0.2, 0.25) is 5.91 Å². The molecule has 0 radical (unpaired) electrons. The molecule has 3 N–H and O–H groups in total. The summed E-state index contributed by atoms with van der Waals surface area (Å²) >= 11 is 0. The number of fused-ring (bicyclic) bond motifs is 1. The van der Waals surface area contributed by atoms with E-state index >= 15 is 0 Å². The van der Waals surface area contributed by atoms with Crippen LogP contribution >= 0.6 is 0 Å². The van der Waals surface area contributed by atoms with E-state index in [2.05, 4.69) is 10.4 Å². The van der Waals surface area contributed by atoms with Crippen molar-refractivity contribution in [1.29, 1.82) is 0 Å². The molecule has 2 aliphatic rings. The molecule has 1 aromatic heterocycles. The number of anilines is 1. The minimum absolute atomic E-state index is 0.111. The van der Waals surface area contributed by atoms with Gasteiger partial charge in [-0.15, -0.1) is 0 Å². The maximum Gasteiger partial charge on any atom is 0.270 e. The van der Waals surface area contributed by atoms with E-state index in [1.807, 2.05) is 0 Å². The van der Waals surface area contributed by atoms with E-state index in [0.717, 1.165) is 18.4 Å². The molecule has 1 saturated heterocycles. The van der Waals surface area contributed by atoms with E-state index < -0.39 is 0 Å². The lowest BCUT2D eigenvalue weighted by Gasteiger charge is -2.28. The van der Waals surface area contributed by atoms with Crippen molar-refractivity contribution in [2.75, 3.05) is 18.5 Å².